The van der Waals surface area contributed by atoms with Crippen LogP contribution in [-0.2, 0) is 27.6 Å². The highest BCUT2D eigenvalue weighted by Gasteiger charge is 2.31. The first-order valence-corrected chi connectivity index (χ1v) is 10.3. The van der Waals surface area contributed by atoms with E-state index in [1.165, 1.54) is 4.31 Å². The molecule has 1 aromatic carbocycles. The number of ether oxygens (including phenoxy) is 1. The first kappa shape index (κ1) is 17.9. The zero-order valence-electron chi connectivity index (χ0n) is 13.7. The summed E-state index contributed by atoms with van der Waals surface area (Å²) in [5.41, 5.74) is 8.62. The number of halogens is 2. The third kappa shape index (κ3) is 2.95. The van der Waals surface area contributed by atoms with Crippen LogP contribution in [0.2, 0.25) is 10.2 Å². The zero-order valence-corrected chi connectivity index (χ0v) is 16.0. The third-order valence-corrected chi connectivity index (χ3v) is 7.24. The SMILES string of the molecule is Nc1nc(Cl)c2c(n1)CCc1cc(Cl)c(S(=O)(=O)N3CCOCC3)cc1-2. The Bertz CT molecular complexity index is 991. The minimum absolute atomic E-state index is 0.0561. The minimum atomic E-state index is -3.74. The highest BCUT2D eigenvalue weighted by atomic mass is 35.5. The summed E-state index contributed by atoms with van der Waals surface area (Å²) in [6.45, 7) is 1.33. The van der Waals surface area contributed by atoms with Crippen LogP contribution in [0.4, 0.5) is 5.95 Å². The second-order valence-electron chi connectivity index (χ2n) is 6.15. The topological polar surface area (TPSA) is 98.4 Å². The van der Waals surface area contributed by atoms with Gasteiger partial charge in [-0.1, -0.05) is 23.2 Å². The molecule has 0 spiro atoms. The second kappa shape index (κ2) is 6.61. The van der Waals surface area contributed by atoms with Crippen molar-refractivity contribution in [2.24, 2.45) is 0 Å². The van der Waals surface area contributed by atoms with E-state index < -0.39 is 10.0 Å². The Morgan fingerprint density at radius 2 is 1.85 bits per heavy atom. The summed E-state index contributed by atoms with van der Waals surface area (Å²) in [7, 11) is -3.74. The smallest absolute Gasteiger partial charge is 0.244 e. The van der Waals surface area contributed by atoms with Crippen LogP contribution in [0.1, 0.15) is 11.3 Å². The number of aryl methyl sites for hydroxylation is 2. The van der Waals surface area contributed by atoms with Gasteiger partial charge in [0.05, 0.1) is 23.9 Å². The number of morpholine rings is 1. The van der Waals surface area contributed by atoms with Crippen LogP contribution in [0.5, 0.6) is 0 Å². The lowest BCUT2D eigenvalue weighted by Crippen LogP contribution is -2.40. The Morgan fingerprint density at radius 1 is 1.12 bits per heavy atom. The molecule has 4 rings (SSSR count). The first-order chi connectivity index (χ1) is 12.4. The summed E-state index contributed by atoms with van der Waals surface area (Å²) in [6.07, 6.45) is 1.31. The Kier molecular flexibility index (Phi) is 4.56. The van der Waals surface area contributed by atoms with E-state index in [4.69, 9.17) is 33.7 Å². The van der Waals surface area contributed by atoms with E-state index in [9.17, 15) is 8.42 Å². The van der Waals surface area contributed by atoms with E-state index in [1.807, 2.05) is 0 Å². The number of anilines is 1. The van der Waals surface area contributed by atoms with Gasteiger partial charge in [-0.25, -0.2) is 18.4 Å². The van der Waals surface area contributed by atoms with Crippen molar-refractivity contribution in [3.63, 3.8) is 0 Å². The molecule has 0 bridgehead atoms. The number of nitrogen functional groups attached to an aromatic ring is 1. The van der Waals surface area contributed by atoms with Gasteiger partial charge >= 0.3 is 0 Å². The van der Waals surface area contributed by atoms with Crippen LogP contribution in [0.3, 0.4) is 0 Å². The van der Waals surface area contributed by atoms with Crippen LogP contribution in [0.25, 0.3) is 11.1 Å². The molecule has 1 aliphatic carbocycles. The monoisotopic (exact) mass is 414 g/mol. The predicted molar refractivity (Wildman–Crippen MR) is 98.9 cm³/mol. The zero-order chi connectivity index (χ0) is 18.5. The van der Waals surface area contributed by atoms with E-state index in [1.54, 1.807) is 12.1 Å². The second-order valence-corrected chi connectivity index (χ2v) is 8.82. The van der Waals surface area contributed by atoms with E-state index in [0.717, 1.165) is 5.56 Å². The number of benzene rings is 1. The molecule has 2 aliphatic rings. The molecular formula is C16H16Cl2N4O3S. The molecule has 1 aromatic heterocycles. The maximum atomic E-state index is 13.0. The number of sulfonamides is 1. The quantitative estimate of drug-likeness (QED) is 0.755. The van der Waals surface area contributed by atoms with Crippen LogP contribution < -0.4 is 5.73 Å². The van der Waals surface area contributed by atoms with Gasteiger partial charge in [-0.2, -0.15) is 4.31 Å². The summed E-state index contributed by atoms with van der Waals surface area (Å²) in [4.78, 5) is 8.32. The van der Waals surface area contributed by atoms with Gasteiger partial charge in [-0.15, -0.1) is 0 Å². The average Bonchev–Trinajstić information content (AvgIpc) is 2.61. The standard InChI is InChI=1S/C16H16Cl2N4O3S/c17-11-7-9-1-2-12-14(15(18)21-16(19)20-12)10(9)8-13(11)26(23,24)22-3-5-25-6-4-22/h7-8H,1-6H2,(H2,19,20,21). The van der Waals surface area contributed by atoms with E-state index in [0.29, 0.717) is 56.0 Å². The van der Waals surface area contributed by atoms with Gasteiger partial charge < -0.3 is 10.5 Å². The average molecular weight is 415 g/mol. The lowest BCUT2D eigenvalue weighted by Gasteiger charge is -2.27. The molecule has 7 nitrogen and oxygen atoms in total. The highest BCUT2D eigenvalue weighted by molar-refractivity contribution is 7.89. The molecule has 2 aromatic rings. The van der Waals surface area contributed by atoms with Crippen molar-refractivity contribution in [1.82, 2.24) is 14.3 Å². The number of hydrogen-bond donors (Lipinski definition) is 1. The van der Waals surface area contributed by atoms with Crippen LogP contribution in [0, 0.1) is 0 Å². The fourth-order valence-electron chi connectivity index (χ4n) is 3.35. The van der Waals surface area contributed by atoms with E-state index >= 15 is 0 Å². The largest absolute Gasteiger partial charge is 0.379 e. The van der Waals surface area contributed by atoms with Gasteiger partial charge in [-0.05, 0) is 36.1 Å². The molecule has 0 amide bonds. The van der Waals surface area contributed by atoms with Crippen LogP contribution >= 0.6 is 23.2 Å². The fraction of sp³-hybridized carbons (Fsp3) is 0.375. The molecule has 1 fully saturated rings. The lowest BCUT2D eigenvalue weighted by molar-refractivity contribution is 0.0730. The Morgan fingerprint density at radius 3 is 2.58 bits per heavy atom. The van der Waals surface area contributed by atoms with Crippen molar-refractivity contribution >= 4 is 39.2 Å². The van der Waals surface area contributed by atoms with Gasteiger partial charge in [0.2, 0.25) is 16.0 Å². The van der Waals surface area contributed by atoms with Crippen molar-refractivity contribution in [2.75, 3.05) is 32.0 Å². The maximum absolute atomic E-state index is 13.0. The van der Waals surface area contributed by atoms with Gasteiger partial charge in [0.15, 0.2) is 0 Å². The molecule has 0 unspecified atom stereocenters. The summed E-state index contributed by atoms with van der Waals surface area (Å²) in [5, 5.41) is 0.414. The molecule has 2 N–H and O–H groups in total. The number of nitrogens with two attached hydrogens (primary N) is 1. The number of nitrogens with zero attached hydrogens (tertiary/aromatic N) is 3. The molecule has 138 valence electrons. The van der Waals surface area contributed by atoms with Crippen molar-refractivity contribution in [1.29, 1.82) is 0 Å². The molecule has 1 saturated heterocycles. The molecule has 2 heterocycles. The molecule has 1 aliphatic heterocycles. The molecule has 26 heavy (non-hydrogen) atoms. The third-order valence-electron chi connectivity index (χ3n) is 4.60. The molecular weight excluding hydrogens is 399 g/mol. The first-order valence-electron chi connectivity index (χ1n) is 8.10. The molecule has 0 atom stereocenters. The van der Waals surface area contributed by atoms with Crippen molar-refractivity contribution in [3.8, 4) is 11.1 Å². The minimum Gasteiger partial charge on any atom is -0.379 e. The van der Waals surface area contributed by atoms with Crippen molar-refractivity contribution in [2.45, 2.75) is 17.7 Å². The Hall–Kier alpha value is -1.45. The predicted octanol–water partition coefficient (Wildman–Crippen LogP) is 2.15. The Balaban J connectivity index is 1.87. The number of rotatable bonds is 2. The van der Waals surface area contributed by atoms with Gasteiger partial charge in [0.25, 0.3) is 0 Å². The number of fused-ring (bicyclic) bond motifs is 3. The van der Waals surface area contributed by atoms with E-state index in [-0.39, 0.29) is 21.0 Å². The van der Waals surface area contributed by atoms with Gasteiger partial charge in [0, 0.05) is 18.7 Å². The van der Waals surface area contributed by atoms with Crippen LogP contribution in [0.15, 0.2) is 17.0 Å². The van der Waals surface area contributed by atoms with Gasteiger partial charge in [0.1, 0.15) is 10.0 Å². The maximum Gasteiger partial charge on any atom is 0.244 e. The molecule has 0 radical (unpaired) electrons. The number of hydrogen-bond acceptors (Lipinski definition) is 6. The normalized spacial score (nSPS) is 17.6. The van der Waals surface area contributed by atoms with Crippen LogP contribution in [-0.4, -0.2) is 49.0 Å². The number of aromatic nitrogens is 2. The van der Waals surface area contributed by atoms with Gasteiger partial charge in [-0.3, -0.25) is 0 Å². The Labute approximate surface area is 161 Å². The summed E-state index contributed by atoms with van der Waals surface area (Å²) >= 11 is 12.6. The lowest BCUT2D eigenvalue weighted by atomic mass is 9.89. The molecule has 0 saturated carbocycles. The summed E-state index contributed by atoms with van der Waals surface area (Å²) in [5.74, 6) is 0.104. The van der Waals surface area contributed by atoms with Crippen molar-refractivity contribution < 1.29 is 13.2 Å². The van der Waals surface area contributed by atoms with Crippen molar-refractivity contribution in [3.05, 3.63) is 33.6 Å². The highest BCUT2D eigenvalue weighted by Crippen LogP contribution is 2.41. The van der Waals surface area contributed by atoms with E-state index in [2.05, 4.69) is 9.97 Å². The molecule has 10 heteroatoms. The fourth-order valence-corrected chi connectivity index (χ4v) is 5.61. The summed E-state index contributed by atoms with van der Waals surface area (Å²) < 4.78 is 32.7. The summed E-state index contributed by atoms with van der Waals surface area (Å²) in [6, 6.07) is 3.27.